The molecule has 0 aromatic heterocycles. The van der Waals surface area contributed by atoms with Crippen LogP contribution in [-0.2, 0) is 12.8 Å². The van der Waals surface area contributed by atoms with E-state index in [1.807, 2.05) is 31.2 Å². The Labute approximate surface area is 126 Å². The van der Waals surface area contributed by atoms with Gasteiger partial charge in [0.05, 0.1) is 5.60 Å². The third-order valence-electron chi connectivity index (χ3n) is 3.57. The van der Waals surface area contributed by atoms with E-state index in [0.29, 0.717) is 12.8 Å². The molecule has 20 heavy (non-hydrogen) atoms. The van der Waals surface area contributed by atoms with Crippen LogP contribution in [0.4, 0.5) is 0 Å². The topological polar surface area (TPSA) is 20.2 Å². The molecule has 2 aromatic rings. The van der Waals surface area contributed by atoms with E-state index in [1.54, 1.807) is 0 Å². The van der Waals surface area contributed by atoms with Crippen molar-refractivity contribution in [1.29, 1.82) is 0 Å². The molecular weight excluding hydrogens is 268 g/mol. The van der Waals surface area contributed by atoms with Gasteiger partial charge in [0.1, 0.15) is 0 Å². The normalized spacial score (nSPS) is 14.1. The largest absolute Gasteiger partial charge is 0.389 e. The van der Waals surface area contributed by atoms with Crippen molar-refractivity contribution in [3.05, 3.63) is 69.7 Å². The van der Waals surface area contributed by atoms with E-state index in [0.717, 1.165) is 10.6 Å². The van der Waals surface area contributed by atoms with Crippen LogP contribution in [0.15, 0.2) is 42.5 Å². The maximum atomic E-state index is 10.7. The number of benzene rings is 2. The summed E-state index contributed by atoms with van der Waals surface area (Å²) in [5.41, 5.74) is 4.01. The summed E-state index contributed by atoms with van der Waals surface area (Å²) in [7, 11) is 0. The van der Waals surface area contributed by atoms with E-state index in [2.05, 4.69) is 32.0 Å². The Hall–Kier alpha value is -1.31. The van der Waals surface area contributed by atoms with Gasteiger partial charge in [-0.2, -0.15) is 0 Å². The minimum Gasteiger partial charge on any atom is -0.389 e. The molecule has 0 saturated carbocycles. The van der Waals surface area contributed by atoms with Crippen LogP contribution in [-0.4, -0.2) is 10.7 Å². The SMILES string of the molecule is Cc1ccc(C)c(CC(C)(O)Cc2ccc(Cl)cc2)c1. The molecule has 1 nitrogen and oxygen atoms in total. The number of hydrogen-bond acceptors (Lipinski definition) is 1. The second-order valence-corrected chi connectivity index (χ2v) is 6.34. The molecule has 2 aromatic carbocycles. The summed E-state index contributed by atoms with van der Waals surface area (Å²) in [6.45, 7) is 6.06. The predicted octanol–water partition coefficient (Wildman–Crippen LogP) is 4.49. The highest BCUT2D eigenvalue weighted by atomic mass is 35.5. The van der Waals surface area contributed by atoms with E-state index in [4.69, 9.17) is 11.6 Å². The number of aliphatic hydroxyl groups is 1. The van der Waals surface area contributed by atoms with E-state index in [1.165, 1.54) is 16.7 Å². The van der Waals surface area contributed by atoms with Crippen LogP contribution in [0.5, 0.6) is 0 Å². The smallest absolute Gasteiger partial charge is 0.0700 e. The number of rotatable bonds is 4. The van der Waals surface area contributed by atoms with Gasteiger partial charge in [0.2, 0.25) is 0 Å². The molecule has 106 valence electrons. The van der Waals surface area contributed by atoms with Gasteiger partial charge in [-0.25, -0.2) is 0 Å². The van der Waals surface area contributed by atoms with E-state index in [-0.39, 0.29) is 0 Å². The van der Waals surface area contributed by atoms with Crippen molar-refractivity contribution in [2.45, 2.75) is 39.2 Å². The fraction of sp³-hybridized carbons (Fsp3) is 0.333. The minimum atomic E-state index is -0.758. The van der Waals surface area contributed by atoms with Gasteiger partial charge in [-0.05, 0) is 49.6 Å². The van der Waals surface area contributed by atoms with Gasteiger partial charge in [0.15, 0.2) is 0 Å². The summed E-state index contributed by atoms with van der Waals surface area (Å²) in [6.07, 6.45) is 1.28. The molecule has 0 aliphatic heterocycles. The van der Waals surface area contributed by atoms with Gasteiger partial charge < -0.3 is 5.11 Å². The highest BCUT2D eigenvalue weighted by Crippen LogP contribution is 2.22. The van der Waals surface area contributed by atoms with Crippen molar-refractivity contribution in [3.8, 4) is 0 Å². The van der Waals surface area contributed by atoms with Crippen molar-refractivity contribution in [2.24, 2.45) is 0 Å². The first kappa shape index (κ1) is 15.1. The van der Waals surface area contributed by atoms with Gasteiger partial charge >= 0.3 is 0 Å². The average molecular weight is 289 g/mol. The molecule has 1 atom stereocenters. The molecule has 0 bridgehead atoms. The van der Waals surface area contributed by atoms with Crippen molar-refractivity contribution < 1.29 is 5.11 Å². The Morgan fingerprint density at radius 1 is 1.00 bits per heavy atom. The fourth-order valence-corrected chi connectivity index (χ4v) is 2.63. The van der Waals surface area contributed by atoms with Gasteiger partial charge in [-0.3, -0.25) is 0 Å². The molecule has 0 aliphatic rings. The van der Waals surface area contributed by atoms with Crippen LogP contribution in [0.3, 0.4) is 0 Å². The lowest BCUT2D eigenvalue weighted by Gasteiger charge is -2.24. The average Bonchev–Trinajstić information content (AvgIpc) is 2.36. The van der Waals surface area contributed by atoms with Crippen molar-refractivity contribution in [3.63, 3.8) is 0 Å². The molecular formula is C18H21ClO. The lowest BCUT2D eigenvalue weighted by molar-refractivity contribution is 0.0607. The Morgan fingerprint density at radius 3 is 2.30 bits per heavy atom. The zero-order valence-corrected chi connectivity index (χ0v) is 13.0. The molecule has 0 aliphatic carbocycles. The fourth-order valence-electron chi connectivity index (χ4n) is 2.51. The Morgan fingerprint density at radius 2 is 1.65 bits per heavy atom. The van der Waals surface area contributed by atoms with Crippen LogP contribution in [0.25, 0.3) is 0 Å². The first-order valence-electron chi connectivity index (χ1n) is 6.89. The van der Waals surface area contributed by atoms with Crippen LogP contribution in [0.2, 0.25) is 5.02 Å². The maximum absolute atomic E-state index is 10.7. The number of aryl methyl sites for hydroxylation is 2. The molecule has 2 heteroatoms. The molecule has 1 unspecified atom stereocenters. The summed E-state index contributed by atoms with van der Waals surface area (Å²) in [5.74, 6) is 0. The number of hydrogen-bond donors (Lipinski definition) is 1. The minimum absolute atomic E-state index is 0.623. The maximum Gasteiger partial charge on any atom is 0.0700 e. The third-order valence-corrected chi connectivity index (χ3v) is 3.83. The summed E-state index contributed by atoms with van der Waals surface area (Å²) in [4.78, 5) is 0. The molecule has 0 saturated heterocycles. The van der Waals surface area contributed by atoms with E-state index in [9.17, 15) is 5.11 Å². The third kappa shape index (κ3) is 4.09. The van der Waals surface area contributed by atoms with Crippen molar-refractivity contribution in [1.82, 2.24) is 0 Å². The van der Waals surface area contributed by atoms with Crippen LogP contribution >= 0.6 is 11.6 Å². The lowest BCUT2D eigenvalue weighted by atomic mass is 9.88. The molecule has 0 fully saturated rings. The number of halogens is 1. The highest BCUT2D eigenvalue weighted by molar-refractivity contribution is 6.30. The van der Waals surface area contributed by atoms with Gasteiger partial charge in [0.25, 0.3) is 0 Å². The zero-order valence-electron chi connectivity index (χ0n) is 12.3. The standard InChI is InChI=1S/C18H21ClO/c1-13-4-5-14(2)16(10-13)12-18(3,20)11-15-6-8-17(19)9-7-15/h4-10,20H,11-12H2,1-3H3. The second kappa shape index (κ2) is 5.99. The van der Waals surface area contributed by atoms with Crippen molar-refractivity contribution >= 4 is 11.6 Å². The first-order chi connectivity index (χ1) is 9.35. The lowest BCUT2D eigenvalue weighted by Crippen LogP contribution is -2.30. The molecule has 1 N–H and O–H groups in total. The predicted molar refractivity (Wildman–Crippen MR) is 85.4 cm³/mol. The summed E-state index contributed by atoms with van der Waals surface area (Å²) in [6, 6.07) is 14.1. The van der Waals surface area contributed by atoms with E-state index < -0.39 is 5.60 Å². The monoisotopic (exact) mass is 288 g/mol. The molecule has 0 radical (unpaired) electrons. The summed E-state index contributed by atoms with van der Waals surface area (Å²) in [5, 5.41) is 11.4. The Bertz CT molecular complexity index is 585. The highest BCUT2D eigenvalue weighted by Gasteiger charge is 2.22. The quantitative estimate of drug-likeness (QED) is 0.879. The Kier molecular flexibility index (Phi) is 4.52. The van der Waals surface area contributed by atoms with Gasteiger partial charge in [-0.15, -0.1) is 0 Å². The zero-order chi connectivity index (χ0) is 14.8. The van der Waals surface area contributed by atoms with E-state index >= 15 is 0 Å². The van der Waals surface area contributed by atoms with Gasteiger partial charge in [0, 0.05) is 17.9 Å². The summed E-state index contributed by atoms with van der Waals surface area (Å²) < 4.78 is 0. The molecule has 0 spiro atoms. The molecule has 2 rings (SSSR count). The Balaban J connectivity index is 2.14. The van der Waals surface area contributed by atoms with Crippen LogP contribution in [0.1, 0.15) is 29.2 Å². The molecule has 0 amide bonds. The van der Waals surface area contributed by atoms with Crippen LogP contribution < -0.4 is 0 Å². The van der Waals surface area contributed by atoms with Gasteiger partial charge in [-0.1, -0.05) is 47.5 Å². The first-order valence-corrected chi connectivity index (χ1v) is 7.26. The van der Waals surface area contributed by atoms with Crippen LogP contribution in [0, 0.1) is 13.8 Å². The second-order valence-electron chi connectivity index (χ2n) is 5.91. The van der Waals surface area contributed by atoms with Crippen molar-refractivity contribution in [2.75, 3.05) is 0 Å². The molecule has 0 heterocycles. The summed E-state index contributed by atoms with van der Waals surface area (Å²) >= 11 is 5.89.